The van der Waals surface area contributed by atoms with Gasteiger partial charge in [0.25, 0.3) is 6.43 Å². The summed E-state index contributed by atoms with van der Waals surface area (Å²) < 4.78 is 24.4. The summed E-state index contributed by atoms with van der Waals surface area (Å²) in [5.74, 6) is -0.352. The molecule has 0 aliphatic heterocycles. The molecule has 0 amide bonds. The van der Waals surface area contributed by atoms with Crippen molar-refractivity contribution in [2.75, 3.05) is 0 Å². The SMILES string of the molecule is NC(N)=NC(N)=Nc1ccc(C(F)F)cc1. The van der Waals surface area contributed by atoms with E-state index in [0.29, 0.717) is 5.69 Å². The van der Waals surface area contributed by atoms with Gasteiger partial charge in [-0.1, -0.05) is 12.1 Å². The van der Waals surface area contributed by atoms with Crippen molar-refractivity contribution in [1.29, 1.82) is 0 Å². The molecule has 5 nitrogen and oxygen atoms in total. The molecule has 1 aromatic rings. The molecule has 0 saturated heterocycles. The average molecular weight is 227 g/mol. The molecule has 6 N–H and O–H groups in total. The standard InChI is InChI=1S/C9H11F2N5/c10-7(11)5-1-3-6(4-2-5)15-9(14)16-8(12)13/h1-4,7H,(H6,12,13,14,15,16). The normalized spacial score (nSPS) is 11.6. The van der Waals surface area contributed by atoms with Crippen LogP contribution in [0.15, 0.2) is 34.3 Å². The first-order valence-corrected chi connectivity index (χ1v) is 4.31. The van der Waals surface area contributed by atoms with Crippen molar-refractivity contribution in [3.05, 3.63) is 29.8 Å². The number of guanidine groups is 2. The first-order chi connectivity index (χ1) is 7.49. The predicted octanol–water partition coefficient (Wildman–Crippen LogP) is 0.844. The maximum absolute atomic E-state index is 12.2. The highest BCUT2D eigenvalue weighted by Gasteiger charge is 2.05. The highest BCUT2D eigenvalue weighted by Crippen LogP contribution is 2.21. The van der Waals surface area contributed by atoms with Gasteiger partial charge in [0.1, 0.15) is 0 Å². The number of nitrogens with two attached hydrogens (primary N) is 3. The van der Waals surface area contributed by atoms with Crippen LogP contribution in [0.25, 0.3) is 0 Å². The summed E-state index contributed by atoms with van der Waals surface area (Å²) in [5.41, 5.74) is 15.8. The molecule has 1 rings (SSSR count). The van der Waals surface area contributed by atoms with Crippen molar-refractivity contribution in [3.63, 3.8) is 0 Å². The summed E-state index contributed by atoms with van der Waals surface area (Å²) >= 11 is 0. The lowest BCUT2D eigenvalue weighted by Gasteiger charge is -1.99. The van der Waals surface area contributed by atoms with E-state index in [1.54, 1.807) is 0 Å². The van der Waals surface area contributed by atoms with Gasteiger partial charge in [0.15, 0.2) is 5.96 Å². The van der Waals surface area contributed by atoms with Crippen LogP contribution in [0.4, 0.5) is 14.5 Å². The summed E-state index contributed by atoms with van der Waals surface area (Å²) in [7, 11) is 0. The molecule has 16 heavy (non-hydrogen) atoms. The first kappa shape index (κ1) is 11.9. The molecule has 0 fully saturated rings. The molecule has 0 spiro atoms. The van der Waals surface area contributed by atoms with E-state index in [1.165, 1.54) is 24.3 Å². The zero-order valence-corrected chi connectivity index (χ0v) is 8.27. The fraction of sp³-hybridized carbons (Fsp3) is 0.111. The Morgan fingerprint density at radius 1 is 1.06 bits per heavy atom. The Balaban J connectivity index is 2.87. The minimum atomic E-state index is -2.51. The van der Waals surface area contributed by atoms with Gasteiger partial charge in [0.05, 0.1) is 5.69 Å². The van der Waals surface area contributed by atoms with Crippen molar-refractivity contribution in [1.82, 2.24) is 0 Å². The number of hydrogen-bond donors (Lipinski definition) is 3. The summed E-state index contributed by atoms with van der Waals surface area (Å²) in [6.07, 6.45) is -2.51. The first-order valence-electron chi connectivity index (χ1n) is 4.31. The molecule has 7 heteroatoms. The minimum Gasteiger partial charge on any atom is -0.370 e. The van der Waals surface area contributed by atoms with E-state index in [0.717, 1.165) is 0 Å². The third kappa shape index (κ3) is 3.52. The van der Waals surface area contributed by atoms with Crippen LogP contribution in [0.1, 0.15) is 12.0 Å². The summed E-state index contributed by atoms with van der Waals surface area (Å²) in [4.78, 5) is 7.28. The molecular formula is C9H11F2N5. The Labute approximate surface area is 90.7 Å². The third-order valence-electron chi connectivity index (χ3n) is 1.63. The van der Waals surface area contributed by atoms with Crippen LogP contribution in [0.3, 0.4) is 0 Å². The molecule has 0 aliphatic carbocycles. The smallest absolute Gasteiger partial charge is 0.263 e. The molecule has 86 valence electrons. The molecule has 0 atom stereocenters. The van der Waals surface area contributed by atoms with E-state index in [2.05, 4.69) is 9.98 Å². The number of benzene rings is 1. The largest absolute Gasteiger partial charge is 0.370 e. The maximum Gasteiger partial charge on any atom is 0.263 e. The quantitative estimate of drug-likeness (QED) is 0.515. The van der Waals surface area contributed by atoms with E-state index in [9.17, 15) is 8.78 Å². The van der Waals surface area contributed by atoms with Crippen LogP contribution in [0.5, 0.6) is 0 Å². The maximum atomic E-state index is 12.2. The number of alkyl halides is 2. The van der Waals surface area contributed by atoms with Crippen LogP contribution in [-0.4, -0.2) is 11.9 Å². The lowest BCUT2D eigenvalue weighted by Crippen LogP contribution is -2.26. The molecule has 0 aromatic heterocycles. The Bertz CT molecular complexity index is 406. The van der Waals surface area contributed by atoms with Crippen LogP contribution < -0.4 is 17.2 Å². The number of aliphatic imine (C=N–C) groups is 2. The van der Waals surface area contributed by atoms with E-state index in [1.807, 2.05) is 0 Å². The monoisotopic (exact) mass is 227 g/mol. The number of rotatable bonds is 2. The van der Waals surface area contributed by atoms with Gasteiger partial charge in [-0.2, -0.15) is 4.99 Å². The Hall–Kier alpha value is -2.18. The highest BCUT2D eigenvalue weighted by atomic mass is 19.3. The highest BCUT2D eigenvalue weighted by molar-refractivity contribution is 5.93. The second kappa shape index (κ2) is 5.06. The minimum absolute atomic E-state index is 0.0839. The second-order valence-electron chi connectivity index (χ2n) is 2.90. The van der Waals surface area contributed by atoms with Gasteiger partial charge in [0.2, 0.25) is 5.96 Å². The van der Waals surface area contributed by atoms with Gasteiger partial charge in [0, 0.05) is 5.56 Å². The van der Waals surface area contributed by atoms with Gasteiger partial charge in [-0.25, -0.2) is 13.8 Å². The van der Waals surface area contributed by atoms with Gasteiger partial charge >= 0.3 is 0 Å². The summed E-state index contributed by atoms with van der Waals surface area (Å²) in [5, 5.41) is 0. The van der Waals surface area contributed by atoms with E-state index in [-0.39, 0.29) is 17.5 Å². The third-order valence-corrected chi connectivity index (χ3v) is 1.63. The molecule has 0 unspecified atom stereocenters. The lowest BCUT2D eigenvalue weighted by atomic mass is 10.2. The fourth-order valence-electron chi connectivity index (χ4n) is 0.984. The van der Waals surface area contributed by atoms with Gasteiger partial charge in [-0.3, -0.25) is 0 Å². The van der Waals surface area contributed by atoms with Gasteiger partial charge in [-0.15, -0.1) is 0 Å². The van der Waals surface area contributed by atoms with Crippen LogP contribution in [0, 0.1) is 0 Å². The van der Waals surface area contributed by atoms with Crippen LogP contribution >= 0.6 is 0 Å². The molecule has 0 heterocycles. The van der Waals surface area contributed by atoms with Crippen molar-refractivity contribution in [3.8, 4) is 0 Å². The van der Waals surface area contributed by atoms with Crippen LogP contribution in [0.2, 0.25) is 0 Å². The van der Waals surface area contributed by atoms with Gasteiger partial charge < -0.3 is 17.2 Å². The summed E-state index contributed by atoms with van der Waals surface area (Å²) in [6.45, 7) is 0. The Morgan fingerprint density at radius 2 is 1.62 bits per heavy atom. The summed E-state index contributed by atoms with van der Waals surface area (Å²) in [6, 6.07) is 5.31. The predicted molar refractivity (Wildman–Crippen MR) is 58.5 cm³/mol. The number of nitrogens with zero attached hydrogens (tertiary/aromatic N) is 2. The zero-order chi connectivity index (χ0) is 12.1. The second-order valence-corrected chi connectivity index (χ2v) is 2.90. The van der Waals surface area contributed by atoms with E-state index in [4.69, 9.17) is 17.2 Å². The van der Waals surface area contributed by atoms with Crippen molar-refractivity contribution in [2.45, 2.75) is 6.43 Å². The molecule has 0 bridgehead atoms. The topological polar surface area (TPSA) is 103 Å². The van der Waals surface area contributed by atoms with E-state index < -0.39 is 6.43 Å². The van der Waals surface area contributed by atoms with Crippen molar-refractivity contribution >= 4 is 17.6 Å². The van der Waals surface area contributed by atoms with Crippen molar-refractivity contribution < 1.29 is 8.78 Å². The molecule has 0 radical (unpaired) electrons. The molecular weight excluding hydrogens is 216 g/mol. The Kier molecular flexibility index (Phi) is 3.76. The van der Waals surface area contributed by atoms with Crippen molar-refractivity contribution in [2.24, 2.45) is 27.2 Å². The number of halogens is 2. The van der Waals surface area contributed by atoms with Gasteiger partial charge in [-0.05, 0) is 12.1 Å². The Morgan fingerprint density at radius 3 is 2.06 bits per heavy atom. The molecule has 0 aliphatic rings. The van der Waals surface area contributed by atoms with E-state index >= 15 is 0 Å². The fourth-order valence-corrected chi connectivity index (χ4v) is 0.984. The lowest BCUT2D eigenvalue weighted by molar-refractivity contribution is 0.151. The molecule has 1 aromatic carbocycles. The zero-order valence-electron chi connectivity index (χ0n) is 8.27. The molecule has 0 saturated carbocycles. The van der Waals surface area contributed by atoms with Crippen LogP contribution in [-0.2, 0) is 0 Å². The number of hydrogen-bond acceptors (Lipinski definition) is 1. The average Bonchev–Trinajstić information content (AvgIpc) is 2.16.